The Bertz CT molecular complexity index is 850. The van der Waals surface area contributed by atoms with E-state index < -0.39 is 24.7 Å². The Kier molecular flexibility index (Phi) is 4.14. The van der Waals surface area contributed by atoms with Gasteiger partial charge in [0.1, 0.15) is 9.21 Å². The number of rotatable bonds is 3. The third kappa shape index (κ3) is 5.11. The largest absolute Gasteiger partial charge is 0.493 e. The number of nitrogen functional groups attached to an aromatic ring is 1. The molecule has 8 nitrogen and oxygen atoms in total. The molecule has 2 rings (SSSR count). The predicted octanol–water partition coefficient (Wildman–Crippen LogP) is 3.20. The quantitative estimate of drug-likeness (QED) is 0.441. The van der Waals surface area contributed by atoms with Crippen molar-refractivity contribution in [2.75, 3.05) is 19.8 Å². The van der Waals surface area contributed by atoms with Crippen LogP contribution >= 0.6 is 31.9 Å². The molecule has 22 heavy (non-hydrogen) atoms. The van der Waals surface area contributed by atoms with Crippen LogP contribution in [0.5, 0.6) is 11.5 Å². The standard InChI is InChI=1S/C6H5BrN2O3.C6H7BrN2O/c1-12-5-3-8-6(7)2-4(5)9(10)11;1-10-5-3-9-6(7)2-4(5)8/h2-3H,1H3;2-3H,1H3,(H2,8,9)/i2*1D3. The third-order valence-electron chi connectivity index (χ3n) is 2.09. The van der Waals surface area contributed by atoms with E-state index in [2.05, 4.69) is 51.3 Å². The zero-order valence-corrected chi connectivity index (χ0v) is 13.8. The van der Waals surface area contributed by atoms with Crippen molar-refractivity contribution in [1.82, 2.24) is 9.97 Å². The van der Waals surface area contributed by atoms with Gasteiger partial charge in [-0.15, -0.1) is 0 Å². The van der Waals surface area contributed by atoms with Crippen molar-refractivity contribution < 1.29 is 22.6 Å². The van der Waals surface area contributed by atoms with Gasteiger partial charge in [-0.25, -0.2) is 9.97 Å². The lowest BCUT2D eigenvalue weighted by Crippen LogP contribution is -1.94. The van der Waals surface area contributed by atoms with E-state index in [1.54, 1.807) is 0 Å². The molecule has 118 valence electrons. The van der Waals surface area contributed by atoms with Crippen LogP contribution in [0.25, 0.3) is 0 Å². The van der Waals surface area contributed by atoms with Crippen LogP contribution in [-0.4, -0.2) is 29.0 Å². The molecule has 0 aliphatic rings. The highest BCUT2D eigenvalue weighted by Gasteiger charge is 2.14. The molecule has 0 atom stereocenters. The van der Waals surface area contributed by atoms with E-state index in [1.807, 2.05) is 0 Å². The number of nitrogens with two attached hydrogens (primary N) is 1. The lowest BCUT2D eigenvalue weighted by molar-refractivity contribution is -0.385. The van der Waals surface area contributed by atoms with E-state index in [-0.39, 0.29) is 21.8 Å². The van der Waals surface area contributed by atoms with Gasteiger partial charge in [0.2, 0.25) is 5.75 Å². The highest BCUT2D eigenvalue weighted by Crippen LogP contribution is 2.27. The molecular formula is C12H12Br2N4O4. The van der Waals surface area contributed by atoms with E-state index in [9.17, 15) is 10.1 Å². The van der Waals surface area contributed by atoms with Gasteiger partial charge in [-0.3, -0.25) is 10.1 Å². The van der Waals surface area contributed by atoms with Crippen LogP contribution in [0.15, 0.2) is 33.7 Å². The van der Waals surface area contributed by atoms with Crippen molar-refractivity contribution in [3.05, 3.63) is 43.8 Å². The minimum Gasteiger partial charge on any atom is -0.493 e. The number of halogens is 2. The summed E-state index contributed by atoms with van der Waals surface area (Å²) in [6.45, 7) is 0. The first-order valence-corrected chi connectivity index (χ1v) is 6.85. The fourth-order valence-electron chi connectivity index (χ4n) is 1.15. The molecule has 0 spiro atoms. The summed E-state index contributed by atoms with van der Waals surface area (Å²) in [6.07, 6.45) is 2.24. The highest BCUT2D eigenvalue weighted by atomic mass is 79.9. The van der Waals surface area contributed by atoms with Crippen LogP contribution in [0.4, 0.5) is 11.4 Å². The molecule has 0 aromatic carbocycles. The summed E-state index contributed by atoms with van der Waals surface area (Å²) in [5.74, 6) is -0.327. The molecule has 0 saturated carbocycles. The first-order valence-electron chi connectivity index (χ1n) is 8.27. The fourth-order valence-corrected chi connectivity index (χ4v) is 1.81. The maximum Gasteiger partial charge on any atom is 0.315 e. The summed E-state index contributed by atoms with van der Waals surface area (Å²) in [6, 6.07) is 2.54. The Morgan fingerprint density at radius 3 is 2.27 bits per heavy atom. The summed E-state index contributed by atoms with van der Waals surface area (Å²) < 4.78 is 50.7. The summed E-state index contributed by atoms with van der Waals surface area (Å²) in [7, 11) is -5.23. The van der Waals surface area contributed by atoms with Crippen LogP contribution in [0, 0.1) is 10.1 Å². The van der Waals surface area contributed by atoms with Gasteiger partial charge in [-0.2, -0.15) is 0 Å². The van der Waals surface area contributed by atoms with Crippen molar-refractivity contribution >= 4 is 43.2 Å². The number of pyridine rings is 2. The zero-order valence-electron chi connectivity index (χ0n) is 16.6. The van der Waals surface area contributed by atoms with E-state index in [0.717, 1.165) is 12.3 Å². The van der Waals surface area contributed by atoms with Crippen LogP contribution < -0.4 is 15.2 Å². The molecule has 0 fully saturated rings. The Balaban J connectivity index is 0.000000283. The van der Waals surface area contributed by atoms with Crippen LogP contribution in [0.3, 0.4) is 0 Å². The Morgan fingerprint density at radius 2 is 1.73 bits per heavy atom. The molecule has 0 amide bonds. The lowest BCUT2D eigenvalue weighted by atomic mass is 10.4. The maximum atomic E-state index is 10.6. The van der Waals surface area contributed by atoms with Crippen LogP contribution in [-0.2, 0) is 0 Å². The predicted molar refractivity (Wildman–Crippen MR) is 88.0 cm³/mol. The fraction of sp³-hybridized carbons (Fsp3) is 0.167. The minimum atomic E-state index is -2.74. The van der Waals surface area contributed by atoms with Crippen LogP contribution in [0.1, 0.15) is 8.22 Å². The number of nitro groups is 1. The molecule has 0 bridgehead atoms. The van der Waals surface area contributed by atoms with Crippen molar-refractivity contribution in [3.63, 3.8) is 0 Å². The van der Waals surface area contributed by atoms with Crippen molar-refractivity contribution in [2.24, 2.45) is 0 Å². The van der Waals surface area contributed by atoms with E-state index >= 15 is 0 Å². The molecular weight excluding hydrogens is 424 g/mol. The molecule has 0 aliphatic carbocycles. The second kappa shape index (κ2) is 8.49. The molecule has 2 aromatic rings. The summed E-state index contributed by atoms with van der Waals surface area (Å²) in [5, 5.41) is 10.6. The van der Waals surface area contributed by atoms with Gasteiger partial charge in [-0.1, -0.05) is 0 Å². The summed E-state index contributed by atoms with van der Waals surface area (Å²) in [4.78, 5) is 17.2. The second-order valence-corrected chi connectivity index (χ2v) is 5.11. The number of aromatic nitrogens is 2. The van der Waals surface area contributed by atoms with E-state index in [0.29, 0.717) is 4.60 Å². The molecule has 2 heterocycles. The Morgan fingerprint density at radius 1 is 1.18 bits per heavy atom. The second-order valence-electron chi connectivity index (χ2n) is 3.48. The zero-order chi connectivity index (χ0) is 21.7. The Labute approximate surface area is 151 Å². The molecule has 0 radical (unpaired) electrons. The normalized spacial score (nSPS) is 14.6. The summed E-state index contributed by atoms with van der Waals surface area (Å²) in [5.41, 5.74) is 5.27. The number of ether oxygens (including phenoxy) is 2. The minimum absolute atomic E-state index is 0.0585. The maximum absolute atomic E-state index is 10.6. The topological polar surface area (TPSA) is 113 Å². The molecule has 2 N–H and O–H groups in total. The molecule has 10 heteroatoms. The van der Waals surface area contributed by atoms with Crippen molar-refractivity contribution in [1.29, 1.82) is 0 Å². The van der Waals surface area contributed by atoms with Crippen LogP contribution in [0.2, 0.25) is 0 Å². The Hall–Kier alpha value is -1.94. The molecule has 0 unspecified atom stereocenters. The first kappa shape index (κ1) is 10.7. The first-order chi connectivity index (χ1) is 12.7. The van der Waals surface area contributed by atoms with E-state index in [1.165, 1.54) is 12.3 Å². The monoisotopic (exact) mass is 440 g/mol. The van der Waals surface area contributed by atoms with Crippen molar-refractivity contribution in [2.45, 2.75) is 0 Å². The number of hydrogen-bond donors (Lipinski definition) is 1. The average Bonchev–Trinajstić information content (AvgIpc) is 2.50. The number of hydrogen-bond acceptors (Lipinski definition) is 7. The summed E-state index contributed by atoms with van der Waals surface area (Å²) >= 11 is 6.02. The number of anilines is 1. The smallest absolute Gasteiger partial charge is 0.315 e. The third-order valence-corrected chi connectivity index (χ3v) is 2.96. The number of methoxy groups -OCH3 is 2. The SMILES string of the molecule is [2H]C([2H])([2H])Oc1cnc(Br)cc1N.[2H]C([2H])([2H])Oc1cnc(Br)cc1[N+](=O)[O-]. The van der Waals surface area contributed by atoms with Gasteiger partial charge in [0, 0.05) is 0 Å². The average molecular weight is 442 g/mol. The van der Waals surface area contributed by atoms with Gasteiger partial charge in [0.15, 0.2) is 5.75 Å². The number of nitrogens with zero attached hydrogens (tertiary/aromatic N) is 3. The molecule has 0 aliphatic heterocycles. The van der Waals surface area contributed by atoms with Gasteiger partial charge in [0.05, 0.1) is 51.4 Å². The molecule has 2 aromatic heterocycles. The van der Waals surface area contributed by atoms with Gasteiger partial charge in [0.25, 0.3) is 0 Å². The van der Waals surface area contributed by atoms with E-state index in [4.69, 9.17) is 14.0 Å². The molecule has 0 saturated heterocycles. The van der Waals surface area contributed by atoms with Crippen molar-refractivity contribution in [3.8, 4) is 11.5 Å². The van der Waals surface area contributed by atoms with Gasteiger partial charge >= 0.3 is 5.69 Å². The van der Waals surface area contributed by atoms with Gasteiger partial charge in [-0.05, 0) is 37.9 Å². The van der Waals surface area contributed by atoms with Gasteiger partial charge < -0.3 is 15.2 Å². The highest BCUT2D eigenvalue weighted by molar-refractivity contribution is 9.10. The lowest BCUT2D eigenvalue weighted by Gasteiger charge is -2.01.